The fraction of sp³-hybridized carbons (Fsp3) is 1.00. The normalized spacial score (nSPS) is 15.4. The molecule has 2 nitrogen and oxygen atoms in total. The van der Waals surface area contributed by atoms with Crippen LogP contribution in [0.15, 0.2) is 0 Å². The number of hydrogen-bond acceptors (Lipinski definition) is 3. The molecule has 0 saturated heterocycles. The van der Waals surface area contributed by atoms with Gasteiger partial charge in [0.05, 0.1) is 6.61 Å². The maximum atomic E-state index is 4.97. The molecule has 14 heavy (non-hydrogen) atoms. The second-order valence-corrected chi connectivity index (χ2v) is 5.33. The van der Waals surface area contributed by atoms with E-state index in [4.69, 9.17) is 4.74 Å². The number of methoxy groups -OCH3 is 1. The molecule has 0 aromatic heterocycles. The quantitative estimate of drug-likeness (QED) is 0.602. The topological polar surface area (TPSA) is 21.3 Å². The molecule has 0 spiro atoms. The molecule has 0 aliphatic heterocycles. The highest BCUT2D eigenvalue weighted by molar-refractivity contribution is 7.99. The van der Waals surface area contributed by atoms with Gasteiger partial charge in [0.1, 0.15) is 0 Å². The van der Waals surface area contributed by atoms with Crippen LogP contribution in [0.2, 0.25) is 0 Å². The smallest absolute Gasteiger partial charge is 0.0587 e. The number of ether oxygens (including phenoxy) is 1. The monoisotopic (exact) mass is 219 g/mol. The molecule has 0 rings (SSSR count). The highest BCUT2D eigenvalue weighted by Gasteiger charge is 2.04. The predicted octanol–water partition coefficient (Wildman–Crippen LogP) is 2.39. The lowest BCUT2D eigenvalue weighted by Gasteiger charge is -2.14. The van der Waals surface area contributed by atoms with E-state index in [9.17, 15) is 0 Å². The third-order valence-corrected chi connectivity index (χ3v) is 3.77. The Morgan fingerprint density at radius 3 is 2.64 bits per heavy atom. The second-order valence-electron chi connectivity index (χ2n) is 3.85. The van der Waals surface area contributed by atoms with Crippen molar-refractivity contribution in [2.24, 2.45) is 5.92 Å². The van der Waals surface area contributed by atoms with Gasteiger partial charge in [-0.25, -0.2) is 0 Å². The molecular weight excluding hydrogens is 194 g/mol. The molecule has 2 unspecified atom stereocenters. The van der Waals surface area contributed by atoms with Crippen molar-refractivity contribution in [3.63, 3.8) is 0 Å². The number of rotatable bonds is 9. The average Bonchev–Trinajstić information content (AvgIpc) is 2.21. The van der Waals surface area contributed by atoms with Crippen LogP contribution >= 0.6 is 11.8 Å². The van der Waals surface area contributed by atoms with Crippen LogP contribution in [0.3, 0.4) is 0 Å². The molecule has 86 valence electrons. The SMILES string of the molecule is CCC(C)CSC(C)CNCCOC. The largest absolute Gasteiger partial charge is 0.383 e. The van der Waals surface area contributed by atoms with Crippen molar-refractivity contribution in [1.82, 2.24) is 5.32 Å². The Hall–Kier alpha value is 0.270. The lowest BCUT2D eigenvalue weighted by atomic mass is 10.2. The number of hydrogen-bond donors (Lipinski definition) is 1. The van der Waals surface area contributed by atoms with Crippen molar-refractivity contribution in [3.8, 4) is 0 Å². The molecule has 0 aliphatic rings. The van der Waals surface area contributed by atoms with Gasteiger partial charge in [-0.3, -0.25) is 0 Å². The van der Waals surface area contributed by atoms with Crippen LogP contribution in [0, 0.1) is 5.92 Å². The zero-order chi connectivity index (χ0) is 10.8. The van der Waals surface area contributed by atoms with Gasteiger partial charge in [0.2, 0.25) is 0 Å². The van der Waals surface area contributed by atoms with Crippen molar-refractivity contribution in [3.05, 3.63) is 0 Å². The van der Waals surface area contributed by atoms with Crippen molar-refractivity contribution in [2.45, 2.75) is 32.4 Å². The molecule has 1 N–H and O–H groups in total. The van der Waals surface area contributed by atoms with E-state index in [2.05, 4.69) is 37.8 Å². The summed E-state index contributed by atoms with van der Waals surface area (Å²) in [7, 11) is 1.74. The summed E-state index contributed by atoms with van der Waals surface area (Å²) in [6, 6.07) is 0. The lowest BCUT2D eigenvalue weighted by Crippen LogP contribution is -2.26. The van der Waals surface area contributed by atoms with Crippen LogP contribution in [0.1, 0.15) is 27.2 Å². The molecule has 0 aromatic carbocycles. The maximum absolute atomic E-state index is 4.97. The summed E-state index contributed by atoms with van der Waals surface area (Å²) in [6.07, 6.45) is 1.29. The van der Waals surface area contributed by atoms with Gasteiger partial charge >= 0.3 is 0 Å². The summed E-state index contributed by atoms with van der Waals surface area (Å²) in [5, 5.41) is 4.09. The van der Waals surface area contributed by atoms with E-state index in [0.29, 0.717) is 5.25 Å². The fourth-order valence-electron chi connectivity index (χ4n) is 0.985. The number of thioether (sulfide) groups is 1. The van der Waals surface area contributed by atoms with Gasteiger partial charge in [-0.2, -0.15) is 11.8 Å². The van der Waals surface area contributed by atoms with E-state index in [1.165, 1.54) is 12.2 Å². The van der Waals surface area contributed by atoms with Gasteiger partial charge in [0.25, 0.3) is 0 Å². The summed E-state index contributed by atoms with van der Waals surface area (Å²) < 4.78 is 4.97. The van der Waals surface area contributed by atoms with Crippen molar-refractivity contribution in [1.29, 1.82) is 0 Å². The first kappa shape index (κ1) is 14.3. The van der Waals surface area contributed by atoms with Gasteiger partial charge in [0.15, 0.2) is 0 Å². The first-order chi connectivity index (χ1) is 6.70. The van der Waals surface area contributed by atoms with Gasteiger partial charge < -0.3 is 10.1 Å². The molecule has 2 atom stereocenters. The highest BCUT2D eigenvalue weighted by Crippen LogP contribution is 2.15. The van der Waals surface area contributed by atoms with E-state index in [-0.39, 0.29) is 0 Å². The molecule has 0 amide bonds. The highest BCUT2D eigenvalue weighted by atomic mass is 32.2. The Balaban J connectivity index is 3.23. The Morgan fingerprint density at radius 1 is 1.36 bits per heavy atom. The molecule has 0 saturated carbocycles. The molecule has 3 heteroatoms. The van der Waals surface area contributed by atoms with Gasteiger partial charge in [-0.05, 0) is 11.7 Å². The summed E-state index contributed by atoms with van der Waals surface area (Å²) >= 11 is 2.06. The summed E-state index contributed by atoms with van der Waals surface area (Å²) in [5.74, 6) is 2.13. The molecular formula is C11H25NOS. The molecule has 0 bridgehead atoms. The Bertz CT molecular complexity index is 122. The van der Waals surface area contributed by atoms with Gasteiger partial charge in [-0.15, -0.1) is 0 Å². The lowest BCUT2D eigenvalue weighted by molar-refractivity contribution is 0.199. The standard InChI is InChI=1S/C11H25NOS/c1-5-10(2)9-14-11(3)8-12-6-7-13-4/h10-12H,5-9H2,1-4H3. The number of nitrogens with one attached hydrogen (secondary N) is 1. The van der Waals surface area contributed by atoms with Gasteiger partial charge in [0, 0.05) is 25.4 Å². The Morgan fingerprint density at radius 2 is 2.07 bits per heavy atom. The van der Waals surface area contributed by atoms with E-state index in [0.717, 1.165) is 25.6 Å². The van der Waals surface area contributed by atoms with Crippen LogP contribution in [0.4, 0.5) is 0 Å². The minimum absolute atomic E-state index is 0.709. The third-order valence-electron chi connectivity index (χ3n) is 2.28. The van der Waals surface area contributed by atoms with E-state index in [1.807, 2.05) is 0 Å². The third kappa shape index (κ3) is 8.85. The summed E-state index contributed by atoms with van der Waals surface area (Å²) in [5.41, 5.74) is 0. The minimum Gasteiger partial charge on any atom is -0.383 e. The van der Waals surface area contributed by atoms with Crippen molar-refractivity contribution in [2.75, 3.05) is 32.6 Å². The van der Waals surface area contributed by atoms with Crippen LogP contribution in [-0.4, -0.2) is 37.8 Å². The molecule has 0 aromatic rings. The van der Waals surface area contributed by atoms with Crippen LogP contribution < -0.4 is 5.32 Å². The predicted molar refractivity (Wildman–Crippen MR) is 66.1 cm³/mol. The average molecular weight is 219 g/mol. The van der Waals surface area contributed by atoms with Crippen LogP contribution in [0.25, 0.3) is 0 Å². The zero-order valence-corrected chi connectivity index (χ0v) is 10.8. The molecule has 0 aliphatic carbocycles. The van der Waals surface area contributed by atoms with E-state index >= 15 is 0 Å². The Labute approximate surface area is 93.2 Å². The van der Waals surface area contributed by atoms with Crippen molar-refractivity contribution >= 4 is 11.8 Å². The first-order valence-electron chi connectivity index (χ1n) is 5.51. The summed E-state index contributed by atoms with van der Waals surface area (Å²) in [6.45, 7) is 9.72. The van der Waals surface area contributed by atoms with Crippen LogP contribution in [0.5, 0.6) is 0 Å². The fourth-order valence-corrected chi connectivity index (χ4v) is 2.11. The van der Waals surface area contributed by atoms with Crippen molar-refractivity contribution < 1.29 is 4.74 Å². The first-order valence-corrected chi connectivity index (χ1v) is 6.56. The molecule has 0 radical (unpaired) electrons. The Kier molecular flexibility index (Phi) is 10.0. The zero-order valence-electron chi connectivity index (χ0n) is 10.0. The van der Waals surface area contributed by atoms with Crippen LogP contribution in [-0.2, 0) is 4.74 Å². The van der Waals surface area contributed by atoms with Gasteiger partial charge in [-0.1, -0.05) is 27.2 Å². The second kappa shape index (κ2) is 9.81. The molecule has 0 fully saturated rings. The minimum atomic E-state index is 0.709. The molecule has 0 heterocycles. The summed E-state index contributed by atoms with van der Waals surface area (Å²) in [4.78, 5) is 0. The van der Waals surface area contributed by atoms with E-state index < -0.39 is 0 Å². The van der Waals surface area contributed by atoms with E-state index in [1.54, 1.807) is 7.11 Å². The maximum Gasteiger partial charge on any atom is 0.0587 e.